The van der Waals surface area contributed by atoms with Crippen molar-refractivity contribution < 1.29 is 18.5 Å². The molecule has 0 saturated carbocycles. The van der Waals surface area contributed by atoms with Crippen molar-refractivity contribution in [2.24, 2.45) is 5.73 Å². The van der Waals surface area contributed by atoms with Crippen molar-refractivity contribution in [1.29, 1.82) is 0 Å². The van der Waals surface area contributed by atoms with E-state index in [1.807, 2.05) is 45.2 Å². The van der Waals surface area contributed by atoms with Crippen LogP contribution in [0.2, 0.25) is 0 Å². The first kappa shape index (κ1) is 26.6. The summed E-state index contributed by atoms with van der Waals surface area (Å²) in [6.45, 7) is 7.81. The third-order valence-corrected chi connectivity index (χ3v) is 6.90. The normalized spacial score (nSPS) is 15.0. The van der Waals surface area contributed by atoms with Gasteiger partial charge in [-0.15, -0.1) is 11.8 Å². The first-order valence-corrected chi connectivity index (χ1v) is 13.8. The number of pyridine rings is 1. The first-order valence-electron chi connectivity index (χ1n) is 11.0. The third kappa shape index (κ3) is 6.57. The molecule has 2 aromatic rings. The number of carbonyl (C=O) groups is 2. The van der Waals surface area contributed by atoms with E-state index in [4.69, 9.17) is 16.2 Å². The van der Waals surface area contributed by atoms with Crippen LogP contribution in [0.3, 0.4) is 0 Å². The predicted octanol–water partition coefficient (Wildman–Crippen LogP) is 3.02. The number of thioether (sulfide) groups is 1. The van der Waals surface area contributed by atoms with E-state index < -0.39 is 22.3 Å². The SMILES string of the molecule is CSc1cc(Nc2ccc(N3CCN(C(=O)OC(C)(C)C)CC3)cc2S(C)=O)c(C(N)=O)c(N)n1. The lowest BCUT2D eigenvalue weighted by Gasteiger charge is -2.37. The number of hydrogen-bond donors (Lipinski definition) is 3. The van der Waals surface area contributed by atoms with Gasteiger partial charge >= 0.3 is 6.09 Å². The van der Waals surface area contributed by atoms with Crippen molar-refractivity contribution in [3.8, 4) is 0 Å². The number of nitrogens with two attached hydrogens (primary N) is 2. The van der Waals surface area contributed by atoms with Crippen molar-refractivity contribution in [2.75, 3.05) is 54.6 Å². The zero-order valence-corrected chi connectivity index (χ0v) is 22.2. The highest BCUT2D eigenvalue weighted by molar-refractivity contribution is 7.98. The van der Waals surface area contributed by atoms with Gasteiger partial charge < -0.3 is 31.3 Å². The Kier molecular flexibility index (Phi) is 8.16. The fourth-order valence-corrected chi connectivity index (χ4v) is 4.81. The van der Waals surface area contributed by atoms with Crippen LogP contribution in [0.4, 0.5) is 27.7 Å². The van der Waals surface area contributed by atoms with E-state index in [9.17, 15) is 13.8 Å². The summed E-state index contributed by atoms with van der Waals surface area (Å²) in [6, 6.07) is 7.26. The number of hydrogen-bond acceptors (Lipinski definition) is 9. The number of carbonyl (C=O) groups excluding carboxylic acids is 2. The molecule has 35 heavy (non-hydrogen) atoms. The Morgan fingerprint density at radius 3 is 2.34 bits per heavy atom. The van der Waals surface area contributed by atoms with Crippen LogP contribution in [0.25, 0.3) is 0 Å². The summed E-state index contributed by atoms with van der Waals surface area (Å²) in [5.74, 6) is -0.672. The zero-order valence-electron chi connectivity index (χ0n) is 20.6. The molecule has 1 aliphatic rings. The molecule has 2 heterocycles. The Morgan fingerprint density at radius 1 is 1.14 bits per heavy atom. The third-order valence-electron chi connectivity index (χ3n) is 5.32. The highest BCUT2D eigenvalue weighted by Gasteiger charge is 2.26. The molecule has 5 N–H and O–H groups in total. The molecule has 190 valence electrons. The Morgan fingerprint density at radius 2 is 1.80 bits per heavy atom. The van der Waals surface area contributed by atoms with Gasteiger partial charge in [0.25, 0.3) is 5.91 Å². The molecule has 0 radical (unpaired) electrons. The average Bonchev–Trinajstić information content (AvgIpc) is 2.77. The van der Waals surface area contributed by atoms with E-state index in [2.05, 4.69) is 15.2 Å². The summed E-state index contributed by atoms with van der Waals surface area (Å²) in [6.07, 6.45) is 3.12. The lowest BCUT2D eigenvalue weighted by atomic mass is 10.1. The summed E-state index contributed by atoms with van der Waals surface area (Å²) >= 11 is 1.38. The number of aromatic nitrogens is 1. The number of piperazine rings is 1. The van der Waals surface area contributed by atoms with E-state index in [0.717, 1.165) is 5.69 Å². The van der Waals surface area contributed by atoms with Gasteiger partial charge in [0.15, 0.2) is 0 Å². The van der Waals surface area contributed by atoms with Gasteiger partial charge in [0, 0.05) is 38.1 Å². The molecule has 1 fully saturated rings. The van der Waals surface area contributed by atoms with Gasteiger partial charge in [0.1, 0.15) is 22.0 Å². The number of anilines is 4. The van der Waals surface area contributed by atoms with Gasteiger partial charge in [0.05, 0.1) is 27.1 Å². The van der Waals surface area contributed by atoms with Crippen LogP contribution >= 0.6 is 11.8 Å². The molecule has 0 spiro atoms. The average molecular weight is 521 g/mol. The van der Waals surface area contributed by atoms with E-state index >= 15 is 0 Å². The van der Waals surface area contributed by atoms with E-state index in [1.165, 1.54) is 11.8 Å². The molecule has 2 amide bonds. The standard InChI is InChI=1S/C23H32N6O4S2/c1-23(2,3)33-22(31)29-10-8-28(9-11-29)14-6-7-15(17(12-14)35(5)32)26-16-13-18(34-4)27-20(24)19(16)21(25)30/h6-7,12-13H,8-11H2,1-5H3,(H2,25,30)(H3,24,26,27). The summed E-state index contributed by atoms with van der Waals surface area (Å²) in [4.78, 5) is 32.9. The number of benzene rings is 1. The Bertz CT molecular complexity index is 1140. The number of primary amides is 1. The van der Waals surface area contributed by atoms with Crippen molar-refractivity contribution >= 4 is 57.4 Å². The first-order chi connectivity index (χ1) is 16.4. The number of nitrogens with zero attached hydrogens (tertiary/aromatic N) is 3. The second-order valence-electron chi connectivity index (χ2n) is 9.05. The predicted molar refractivity (Wildman–Crippen MR) is 141 cm³/mol. The minimum atomic E-state index is -1.33. The van der Waals surface area contributed by atoms with Crippen LogP contribution in [0.5, 0.6) is 0 Å². The van der Waals surface area contributed by atoms with Crippen LogP contribution in [0.15, 0.2) is 34.2 Å². The molecule has 12 heteroatoms. The number of ether oxygens (including phenoxy) is 1. The maximum absolute atomic E-state index is 12.6. The molecule has 3 rings (SSSR count). The molecule has 10 nitrogen and oxygen atoms in total. The molecule has 1 aromatic heterocycles. The second kappa shape index (κ2) is 10.7. The van der Waals surface area contributed by atoms with E-state index in [0.29, 0.717) is 47.5 Å². The largest absolute Gasteiger partial charge is 0.444 e. The van der Waals surface area contributed by atoms with E-state index in [-0.39, 0.29) is 17.5 Å². The van der Waals surface area contributed by atoms with Gasteiger partial charge in [-0.1, -0.05) is 0 Å². The van der Waals surface area contributed by atoms with Crippen LogP contribution in [-0.4, -0.2) is 70.4 Å². The fraction of sp³-hybridized carbons (Fsp3) is 0.435. The number of nitrogen functional groups attached to an aromatic ring is 1. The highest BCUT2D eigenvalue weighted by Crippen LogP contribution is 2.33. The van der Waals surface area contributed by atoms with Gasteiger partial charge in [0.2, 0.25) is 0 Å². The summed E-state index contributed by atoms with van der Waals surface area (Å²) in [5, 5.41) is 3.80. The van der Waals surface area contributed by atoms with Crippen LogP contribution in [0.1, 0.15) is 31.1 Å². The van der Waals surface area contributed by atoms with E-state index in [1.54, 1.807) is 17.2 Å². The topological polar surface area (TPSA) is 144 Å². The molecule has 0 aliphatic carbocycles. The van der Waals surface area contributed by atoms with Crippen LogP contribution in [0, 0.1) is 0 Å². The van der Waals surface area contributed by atoms with Gasteiger partial charge in [-0.3, -0.25) is 9.00 Å². The van der Waals surface area contributed by atoms with Crippen LogP contribution < -0.4 is 21.7 Å². The summed E-state index contributed by atoms with van der Waals surface area (Å²) < 4.78 is 18.1. The lowest BCUT2D eigenvalue weighted by Crippen LogP contribution is -2.50. The fourth-order valence-electron chi connectivity index (χ4n) is 3.67. The lowest BCUT2D eigenvalue weighted by molar-refractivity contribution is 0.0240. The Labute approximate surface area is 212 Å². The van der Waals surface area contributed by atoms with Gasteiger partial charge in [-0.2, -0.15) is 0 Å². The molecular weight excluding hydrogens is 488 g/mol. The summed E-state index contributed by atoms with van der Waals surface area (Å²) in [7, 11) is -1.33. The van der Waals surface area contributed by atoms with Gasteiger partial charge in [-0.05, 0) is 51.3 Å². The molecule has 1 saturated heterocycles. The maximum atomic E-state index is 12.6. The molecule has 1 aromatic carbocycles. The monoisotopic (exact) mass is 520 g/mol. The quantitative estimate of drug-likeness (QED) is 0.490. The maximum Gasteiger partial charge on any atom is 0.410 e. The minimum absolute atomic E-state index is 0.0329. The smallest absolute Gasteiger partial charge is 0.410 e. The zero-order chi connectivity index (χ0) is 25.9. The summed E-state index contributed by atoms with van der Waals surface area (Å²) in [5.41, 5.74) is 12.9. The van der Waals surface area contributed by atoms with Crippen molar-refractivity contribution in [3.63, 3.8) is 0 Å². The number of amides is 2. The number of nitrogens with one attached hydrogen (secondary N) is 1. The molecule has 1 aliphatic heterocycles. The van der Waals surface area contributed by atoms with Crippen LogP contribution in [-0.2, 0) is 15.5 Å². The van der Waals surface area contributed by atoms with Crippen molar-refractivity contribution in [3.05, 3.63) is 29.8 Å². The van der Waals surface area contributed by atoms with Gasteiger partial charge in [-0.25, -0.2) is 9.78 Å². The number of rotatable bonds is 6. The Balaban J connectivity index is 1.83. The minimum Gasteiger partial charge on any atom is -0.444 e. The van der Waals surface area contributed by atoms with Crippen molar-refractivity contribution in [2.45, 2.75) is 36.3 Å². The molecule has 0 bridgehead atoms. The molecular formula is C23H32N6O4S2. The highest BCUT2D eigenvalue weighted by atomic mass is 32.2. The van der Waals surface area contributed by atoms with Crippen molar-refractivity contribution in [1.82, 2.24) is 9.88 Å². The Hall–Kier alpha value is -2.99. The molecule has 1 atom stereocenters. The second-order valence-corrected chi connectivity index (χ2v) is 11.2. The molecule has 1 unspecified atom stereocenters.